The number of amides is 1. The van der Waals surface area contributed by atoms with Crippen molar-refractivity contribution in [1.82, 2.24) is 4.90 Å². The fraction of sp³-hybridized carbons (Fsp3) is 0.267. The molecule has 3 aromatic carbocycles. The molecule has 1 aliphatic heterocycles. The highest BCUT2D eigenvalue weighted by atomic mass is 35.5. The third-order valence-corrected chi connectivity index (χ3v) is 6.83. The fourth-order valence-electron chi connectivity index (χ4n) is 4.75. The minimum Gasteiger partial charge on any atom is -0.490 e. The summed E-state index contributed by atoms with van der Waals surface area (Å²) in [5.41, 5.74) is 2.93. The maximum Gasteiger partial charge on any atom is 0.291 e. The predicted octanol–water partition coefficient (Wildman–Crippen LogP) is 6.69. The molecule has 0 N–H and O–H groups in total. The van der Waals surface area contributed by atoms with Crippen molar-refractivity contribution in [2.75, 3.05) is 13.2 Å². The third-order valence-electron chi connectivity index (χ3n) is 6.46. The number of halogens is 1. The van der Waals surface area contributed by atoms with Gasteiger partial charge in [-0.05, 0) is 61.7 Å². The molecule has 190 valence electrons. The van der Waals surface area contributed by atoms with Gasteiger partial charge in [0.2, 0.25) is 5.76 Å². The molecule has 0 aliphatic carbocycles. The van der Waals surface area contributed by atoms with Crippen LogP contribution in [0.5, 0.6) is 11.5 Å². The van der Waals surface area contributed by atoms with E-state index in [1.165, 1.54) is 0 Å². The summed E-state index contributed by atoms with van der Waals surface area (Å²) < 4.78 is 17.8. The Bertz CT molecular complexity index is 1540. The van der Waals surface area contributed by atoms with E-state index >= 15 is 0 Å². The Kier molecular flexibility index (Phi) is 6.94. The van der Waals surface area contributed by atoms with Crippen LogP contribution < -0.4 is 14.9 Å². The molecule has 0 bridgehead atoms. The van der Waals surface area contributed by atoms with Crippen molar-refractivity contribution in [3.8, 4) is 11.5 Å². The number of hydrogen-bond donors (Lipinski definition) is 0. The van der Waals surface area contributed by atoms with E-state index in [1.54, 1.807) is 23.1 Å². The van der Waals surface area contributed by atoms with Gasteiger partial charge in [0.15, 0.2) is 16.9 Å². The predicted molar refractivity (Wildman–Crippen MR) is 144 cm³/mol. The minimum atomic E-state index is -0.681. The molecule has 37 heavy (non-hydrogen) atoms. The number of benzene rings is 3. The second kappa shape index (κ2) is 10.3. The van der Waals surface area contributed by atoms with Crippen LogP contribution in [0.2, 0.25) is 5.02 Å². The van der Waals surface area contributed by atoms with Crippen molar-refractivity contribution in [1.29, 1.82) is 0 Å². The number of ether oxygens (including phenoxy) is 2. The van der Waals surface area contributed by atoms with Crippen LogP contribution in [0.3, 0.4) is 0 Å². The van der Waals surface area contributed by atoms with Crippen LogP contribution in [-0.4, -0.2) is 24.0 Å². The molecular formula is C30H28ClNO5. The minimum absolute atomic E-state index is 0.0580. The molecule has 1 unspecified atom stereocenters. The van der Waals surface area contributed by atoms with Gasteiger partial charge < -0.3 is 18.8 Å². The zero-order valence-corrected chi connectivity index (χ0v) is 21.8. The maximum atomic E-state index is 13.9. The van der Waals surface area contributed by atoms with Gasteiger partial charge in [0, 0.05) is 11.6 Å². The van der Waals surface area contributed by atoms with E-state index in [0.717, 1.165) is 23.1 Å². The molecule has 0 saturated carbocycles. The Labute approximate surface area is 220 Å². The summed E-state index contributed by atoms with van der Waals surface area (Å²) in [5.74, 6) is 0.885. The summed E-state index contributed by atoms with van der Waals surface area (Å²) in [7, 11) is 0. The Morgan fingerprint density at radius 1 is 0.973 bits per heavy atom. The quantitative estimate of drug-likeness (QED) is 0.260. The van der Waals surface area contributed by atoms with Crippen molar-refractivity contribution in [3.63, 3.8) is 0 Å². The van der Waals surface area contributed by atoms with Gasteiger partial charge in [-0.15, -0.1) is 0 Å². The van der Waals surface area contributed by atoms with Gasteiger partial charge in [-0.3, -0.25) is 9.59 Å². The van der Waals surface area contributed by atoms with E-state index in [-0.39, 0.29) is 23.6 Å². The molecule has 7 heteroatoms. The number of rotatable bonds is 8. The van der Waals surface area contributed by atoms with E-state index < -0.39 is 6.04 Å². The Morgan fingerprint density at radius 2 is 1.78 bits per heavy atom. The lowest BCUT2D eigenvalue weighted by atomic mass is 9.97. The first kappa shape index (κ1) is 24.9. The van der Waals surface area contributed by atoms with Gasteiger partial charge in [0.1, 0.15) is 5.58 Å². The second-order valence-corrected chi connectivity index (χ2v) is 9.50. The smallest absolute Gasteiger partial charge is 0.291 e. The Balaban J connectivity index is 1.70. The second-order valence-electron chi connectivity index (χ2n) is 9.09. The SMILES string of the molecule is CCCOc1ccc(C2c3c(oc4ccc(C)cc4c3=O)C(=O)N2Cc2ccccc2Cl)cc1OCC. The molecule has 1 atom stereocenters. The molecule has 0 fully saturated rings. The molecule has 2 heterocycles. The van der Waals surface area contributed by atoms with Gasteiger partial charge in [-0.2, -0.15) is 0 Å². The molecule has 6 nitrogen and oxygen atoms in total. The summed E-state index contributed by atoms with van der Waals surface area (Å²) in [5, 5.41) is 0.993. The van der Waals surface area contributed by atoms with Crippen molar-refractivity contribution >= 4 is 28.5 Å². The van der Waals surface area contributed by atoms with E-state index in [2.05, 4.69) is 0 Å². The Hall–Kier alpha value is -3.77. The van der Waals surface area contributed by atoms with Crippen molar-refractivity contribution in [2.45, 2.75) is 39.8 Å². The van der Waals surface area contributed by atoms with Gasteiger partial charge in [0.25, 0.3) is 5.91 Å². The fourth-order valence-corrected chi connectivity index (χ4v) is 4.94. The first-order chi connectivity index (χ1) is 17.9. The molecule has 1 aromatic heterocycles. The van der Waals surface area contributed by atoms with Crippen LogP contribution in [0.4, 0.5) is 0 Å². The number of aryl methyl sites for hydroxylation is 1. The molecule has 0 spiro atoms. The van der Waals surface area contributed by atoms with Crippen LogP contribution in [-0.2, 0) is 6.54 Å². The van der Waals surface area contributed by atoms with Crippen LogP contribution in [0.15, 0.2) is 69.9 Å². The molecule has 0 radical (unpaired) electrons. The Morgan fingerprint density at radius 3 is 2.54 bits per heavy atom. The average molecular weight is 518 g/mol. The number of hydrogen-bond acceptors (Lipinski definition) is 5. The van der Waals surface area contributed by atoms with Crippen LogP contribution in [0.1, 0.15) is 59.1 Å². The molecule has 1 amide bonds. The third kappa shape index (κ3) is 4.58. The lowest BCUT2D eigenvalue weighted by molar-refractivity contribution is 0.0714. The van der Waals surface area contributed by atoms with Crippen LogP contribution in [0, 0.1) is 6.92 Å². The van der Waals surface area contributed by atoms with Gasteiger partial charge in [-0.1, -0.05) is 54.4 Å². The van der Waals surface area contributed by atoms with Crippen LogP contribution >= 0.6 is 11.6 Å². The van der Waals surface area contributed by atoms with Crippen molar-refractivity contribution in [2.24, 2.45) is 0 Å². The molecule has 4 aromatic rings. The van der Waals surface area contributed by atoms with E-state index in [0.29, 0.717) is 46.3 Å². The molecular weight excluding hydrogens is 490 g/mol. The lowest BCUT2D eigenvalue weighted by Gasteiger charge is -2.26. The van der Waals surface area contributed by atoms with Crippen molar-refractivity contribution < 1.29 is 18.7 Å². The van der Waals surface area contributed by atoms with E-state index in [4.69, 9.17) is 25.5 Å². The topological polar surface area (TPSA) is 69.0 Å². The number of carbonyl (C=O) groups excluding carboxylic acids is 1. The summed E-state index contributed by atoms with van der Waals surface area (Å²) in [6.45, 7) is 7.06. The average Bonchev–Trinajstić information content (AvgIpc) is 3.17. The van der Waals surface area contributed by atoms with Gasteiger partial charge in [-0.25, -0.2) is 0 Å². The van der Waals surface area contributed by atoms with Crippen molar-refractivity contribution in [3.05, 3.63) is 104 Å². The maximum absolute atomic E-state index is 13.9. The highest BCUT2D eigenvalue weighted by Crippen LogP contribution is 2.42. The number of nitrogens with zero attached hydrogens (tertiary/aromatic N) is 1. The number of carbonyl (C=O) groups is 1. The molecule has 5 rings (SSSR count). The first-order valence-electron chi connectivity index (χ1n) is 12.4. The largest absolute Gasteiger partial charge is 0.490 e. The normalized spacial score (nSPS) is 14.8. The highest BCUT2D eigenvalue weighted by Gasteiger charge is 2.43. The molecule has 1 aliphatic rings. The summed E-state index contributed by atoms with van der Waals surface area (Å²) >= 11 is 6.47. The lowest BCUT2D eigenvalue weighted by Crippen LogP contribution is -2.29. The highest BCUT2D eigenvalue weighted by molar-refractivity contribution is 6.31. The first-order valence-corrected chi connectivity index (χ1v) is 12.8. The standard InChI is InChI=1S/C30H28ClNO5/c1-4-14-36-24-13-11-19(16-25(24)35-5-2)27-26-28(33)21-15-18(3)10-12-23(21)37-29(26)30(34)32(27)17-20-8-6-7-9-22(20)31/h6-13,15-16,27H,4-5,14,17H2,1-3H3. The summed E-state index contributed by atoms with van der Waals surface area (Å²) in [6, 6.07) is 17.6. The summed E-state index contributed by atoms with van der Waals surface area (Å²) in [6.07, 6.45) is 0.858. The summed E-state index contributed by atoms with van der Waals surface area (Å²) in [4.78, 5) is 29.3. The van der Waals surface area contributed by atoms with Gasteiger partial charge >= 0.3 is 0 Å². The monoisotopic (exact) mass is 517 g/mol. The zero-order valence-electron chi connectivity index (χ0n) is 21.0. The zero-order chi connectivity index (χ0) is 26.1. The van der Waals surface area contributed by atoms with E-state index in [1.807, 2.05) is 63.2 Å². The van der Waals surface area contributed by atoms with Crippen LogP contribution in [0.25, 0.3) is 11.0 Å². The van der Waals surface area contributed by atoms with Gasteiger partial charge in [0.05, 0.1) is 30.2 Å². The molecule has 0 saturated heterocycles. The number of fused-ring (bicyclic) bond motifs is 2. The van der Waals surface area contributed by atoms with E-state index in [9.17, 15) is 9.59 Å².